The van der Waals surface area contributed by atoms with Crippen molar-refractivity contribution in [3.63, 3.8) is 0 Å². The molecule has 100 valence electrons. The highest BCUT2D eigenvalue weighted by atomic mass is 16.6. The van der Waals surface area contributed by atoms with Crippen molar-refractivity contribution in [2.24, 2.45) is 11.0 Å². The molecule has 1 heterocycles. The molecule has 4 atom stereocenters. The molecule has 2 rings (SSSR count). The van der Waals surface area contributed by atoms with Gasteiger partial charge in [0.1, 0.15) is 5.60 Å². The predicted molar refractivity (Wildman–Crippen MR) is 63.8 cm³/mol. The Balaban J connectivity index is 2.05. The normalized spacial score (nSPS) is 34.3. The van der Waals surface area contributed by atoms with Crippen molar-refractivity contribution >= 4 is 6.09 Å². The van der Waals surface area contributed by atoms with Gasteiger partial charge in [0.2, 0.25) is 0 Å². The lowest BCUT2D eigenvalue weighted by Gasteiger charge is -2.34. The van der Waals surface area contributed by atoms with Gasteiger partial charge in [0.05, 0.1) is 18.2 Å². The average molecular weight is 254 g/mol. The fourth-order valence-electron chi connectivity index (χ4n) is 2.73. The van der Waals surface area contributed by atoms with Gasteiger partial charge < -0.3 is 14.7 Å². The van der Waals surface area contributed by atoms with Crippen molar-refractivity contribution in [2.75, 3.05) is 6.54 Å². The van der Waals surface area contributed by atoms with Crippen LogP contribution in [0.3, 0.4) is 0 Å². The summed E-state index contributed by atoms with van der Waals surface area (Å²) in [5.74, 6) is 0.0356. The van der Waals surface area contributed by atoms with Crippen LogP contribution in [0.25, 0.3) is 10.4 Å². The van der Waals surface area contributed by atoms with E-state index in [4.69, 9.17) is 10.3 Å². The van der Waals surface area contributed by atoms with Crippen LogP contribution in [0.4, 0.5) is 4.79 Å². The number of carbonyl (C=O) groups excluding carboxylic acids is 1. The van der Waals surface area contributed by atoms with E-state index in [-0.39, 0.29) is 12.0 Å². The molecule has 7 heteroatoms. The fraction of sp³-hybridized carbons (Fsp3) is 0.909. The van der Waals surface area contributed by atoms with Crippen LogP contribution in [0.15, 0.2) is 5.11 Å². The highest BCUT2D eigenvalue weighted by Crippen LogP contribution is 2.40. The highest BCUT2D eigenvalue weighted by molar-refractivity contribution is 5.69. The monoisotopic (exact) mass is 254 g/mol. The van der Waals surface area contributed by atoms with Gasteiger partial charge in [0.25, 0.3) is 0 Å². The molecule has 2 unspecified atom stereocenters. The number of carbonyl (C=O) groups is 1. The minimum absolute atomic E-state index is 0.0356. The summed E-state index contributed by atoms with van der Waals surface area (Å²) in [6.07, 6.45) is -0.523. The second kappa shape index (κ2) is 4.33. The summed E-state index contributed by atoms with van der Waals surface area (Å²) in [6.45, 7) is 5.90. The van der Waals surface area contributed by atoms with Crippen molar-refractivity contribution < 1.29 is 14.6 Å². The molecular formula is C11H18N4O3. The first-order valence-electron chi connectivity index (χ1n) is 6.05. The second-order valence-electron chi connectivity index (χ2n) is 5.88. The molecule has 0 aromatic rings. The van der Waals surface area contributed by atoms with Gasteiger partial charge in [0, 0.05) is 11.5 Å². The van der Waals surface area contributed by atoms with Crippen molar-refractivity contribution in [2.45, 2.75) is 51.0 Å². The maximum absolute atomic E-state index is 12.0. The van der Waals surface area contributed by atoms with E-state index in [1.807, 2.05) is 0 Å². The summed E-state index contributed by atoms with van der Waals surface area (Å²) in [5.41, 5.74) is 7.89. The number of azide groups is 1. The third kappa shape index (κ3) is 2.23. The smallest absolute Gasteiger partial charge is 0.410 e. The molecule has 1 saturated carbocycles. The van der Waals surface area contributed by atoms with Crippen molar-refractivity contribution in [1.82, 2.24) is 4.90 Å². The third-order valence-electron chi connectivity index (χ3n) is 3.42. The number of amides is 1. The van der Waals surface area contributed by atoms with Crippen LogP contribution in [-0.4, -0.2) is 46.4 Å². The van der Waals surface area contributed by atoms with Crippen LogP contribution >= 0.6 is 0 Å². The highest BCUT2D eigenvalue weighted by Gasteiger charge is 2.53. The summed E-state index contributed by atoms with van der Waals surface area (Å²) in [7, 11) is 0. The lowest BCUT2D eigenvalue weighted by Crippen LogP contribution is -2.51. The minimum Gasteiger partial charge on any atom is -0.444 e. The zero-order chi connectivity index (χ0) is 13.5. The second-order valence-corrected chi connectivity index (χ2v) is 5.88. The Morgan fingerprint density at radius 1 is 1.56 bits per heavy atom. The summed E-state index contributed by atoms with van der Waals surface area (Å²) in [5, 5.41) is 13.6. The molecule has 0 radical (unpaired) electrons. The van der Waals surface area contributed by atoms with E-state index in [1.54, 1.807) is 25.7 Å². The number of nitrogens with zero attached hydrogens (tertiary/aromatic N) is 4. The number of piperidine rings is 1. The van der Waals surface area contributed by atoms with Crippen LogP contribution in [0.1, 0.15) is 27.2 Å². The first-order valence-corrected chi connectivity index (χ1v) is 6.05. The number of hydrogen-bond acceptors (Lipinski definition) is 4. The van der Waals surface area contributed by atoms with Crippen LogP contribution in [-0.2, 0) is 4.74 Å². The van der Waals surface area contributed by atoms with E-state index in [1.165, 1.54) is 0 Å². The fourth-order valence-corrected chi connectivity index (χ4v) is 2.73. The molecule has 0 spiro atoms. The van der Waals surface area contributed by atoms with Gasteiger partial charge in [-0.2, -0.15) is 0 Å². The molecule has 2 fully saturated rings. The zero-order valence-electron chi connectivity index (χ0n) is 10.8. The Kier molecular flexibility index (Phi) is 3.12. The van der Waals surface area contributed by atoms with Crippen LogP contribution in [0, 0.1) is 5.92 Å². The molecule has 7 nitrogen and oxygen atoms in total. The molecular weight excluding hydrogens is 236 g/mol. The number of aliphatic hydroxyl groups excluding tert-OH is 1. The molecule has 1 N–H and O–H groups in total. The average Bonchev–Trinajstić information content (AvgIpc) is 2.77. The summed E-state index contributed by atoms with van der Waals surface area (Å²) < 4.78 is 5.29. The molecule has 2 bridgehead atoms. The maximum Gasteiger partial charge on any atom is 0.410 e. The van der Waals surface area contributed by atoms with Gasteiger partial charge in [-0.1, -0.05) is 5.11 Å². The summed E-state index contributed by atoms with van der Waals surface area (Å²) in [6, 6.07) is -0.709. The van der Waals surface area contributed by atoms with E-state index in [2.05, 4.69) is 10.0 Å². The number of ether oxygens (including phenoxy) is 1. The predicted octanol–water partition coefficient (Wildman–Crippen LogP) is 1.67. The number of hydrogen-bond donors (Lipinski definition) is 1. The zero-order valence-corrected chi connectivity index (χ0v) is 10.8. The Hall–Kier alpha value is -1.46. The van der Waals surface area contributed by atoms with Gasteiger partial charge in [-0.3, -0.25) is 0 Å². The molecule has 1 aliphatic heterocycles. The molecule has 1 saturated heterocycles. The largest absolute Gasteiger partial charge is 0.444 e. The molecule has 0 aromatic heterocycles. The Morgan fingerprint density at radius 2 is 2.22 bits per heavy atom. The summed E-state index contributed by atoms with van der Waals surface area (Å²) in [4.78, 5) is 16.2. The lowest BCUT2D eigenvalue weighted by atomic mass is 10.0. The number of rotatable bonds is 1. The van der Waals surface area contributed by atoms with Crippen molar-refractivity contribution in [3.8, 4) is 0 Å². The van der Waals surface area contributed by atoms with Crippen LogP contribution < -0.4 is 0 Å². The number of likely N-dealkylation sites (tertiary alicyclic amines) is 1. The van der Waals surface area contributed by atoms with E-state index in [0.717, 1.165) is 0 Å². The van der Waals surface area contributed by atoms with E-state index < -0.39 is 23.8 Å². The quantitative estimate of drug-likeness (QED) is 0.437. The van der Waals surface area contributed by atoms with Gasteiger partial charge in [-0.15, -0.1) is 0 Å². The van der Waals surface area contributed by atoms with Gasteiger partial charge >= 0.3 is 6.09 Å². The number of fused-ring (bicyclic) bond motifs is 2. The molecule has 0 aromatic carbocycles. The van der Waals surface area contributed by atoms with E-state index in [0.29, 0.717) is 13.0 Å². The Bertz CT molecular complexity index is 398. The first kappa shape index (κ1) is 13.0. The van der Waals surface area contributed by atoms with Crippen LogP contribution in [0.2, 0.25) is 0 Å². The maximum atomic E-state index is 12.0. The number of aliphatic hydroxyl groups is 1. The standard InChI is InChI=1S/C11H18N4O3/c1-11(2,3)18-10(17)15-5-6-4-7(15)9(16)8(6)13-14-12/h6-9,16H,4-5H2,1-3H3/t6?,7?,8-,9-/m0/s1. The lowest BCUT2D eigenvalue weighted by molar-refractivity contribution is -0.00617. The van der Waals surface area contributed by atoms with Crippen LogP contribution in [0.5, 0.6) is 0 Å². The Labute approximate surface area is 105 Å². The van der Waals surface area contributed by atoms with Gasteiger partial charge in [0.15, 0.2) is 0 Å². The molecule has 1 aliphatic carbocycles. The van der Waals surface area contributed by atoms with Crippen molar-refractivity contribution in [3.05, 3.63) is 10.4 Å². The first-order chi connectivity index (χ1) is 8.33. The van der Waals surface area contributed by atoms with Gasteiger partial charge in [-0.25, -0.2) is 4.79 Å². The summed E-state index contributed by atoms with van der Waals surface area (Å²) >= 11 is 0. The Morgan fingerprint density at radius 3 is 2.72 bits per heavy atom. The molecule has 18 heavy (non-hydrogen) atoms. The van der Waals surface area contributed by atoms with Crippen molar-refractivity contribution in [1.29, 1.82) is 0 Å². The van der Waals surface area contributed by atoms with E-state index >= 15 is 0 Å². The third-order valence-corrected chi connectivity index (χ3v) is 3.42. The van der Waals surface area contributed by atoms with E-state index in [9.17, 15) is 9.90 Å². The topological polar surface area (TPSA) is 98.5 Å². The minimum atomic E-state index is -0.785. The molecule has 2 aliphatic rings. The van der Waals surface area contributed by atoms with Gasteiger partial charge in [-0.05, 0) is 38.6 Å². The molecule has 1 amide bonds. The SMILES string of the molecule is CC(C)(C)OC(=O)N1CC2CC1[C@H](O)[C@H]2N=[N+]=[N-].